The van der Waals surface area contributed by atoms with E-state index in [1.165, 1.54) is 10.1 Å². The molecule has 2 aliphatic heterocycles. The average molecular weight is 392 g/mol. The van der Waals surface area contributed by atoms with Crippen LogP contribution in [0.5, 0.6) is 0 Å². The standard InChI is InChI=1S/C21H20N4O4/c1-2-12-29-25-18-13-24(21(25)28)23(17-11-7-6-10-16(17)18)14-19(26)22-20(27)15-8-4-3-5-9-15/h2-11,18H,1,12-14H2,(H,22,26,27). The lowest BCUT2D eigenvalue weighted by atomic mass is 10.0. The zero-order chi connectivity index (χ0) is 20.4. The second kappa shape index (κ2) is 7.76. The van der Waals surface area contributed by atoms with Crippen LogP contribution >= 0.6 is 0 Å². The minimum Gasteiger partial charge on any atom is -0.291 e. The highest BCUT2D eigenvalue weighted by Crippen LogP contribution is 2.42. The van der Waals surface area contributed by atoms with Crippen LogP contribution in [0.15, 0.2) is 67.3 Å². The topological polar surface area (TPSA) is 82.2 Å². The summed E-state index contributed by atoms with van der Waals surface area (Å²) in [6, 6.07) is 15.3. The number of hydrogen-bond acceptors (Lipinski definition) is 5. The maximum atomic E-state index is 12.8. The molecule has 1 N–H and O–H groups in total. The second-order valence-corrected chi connectivity index (χ2v) is 6.65. The molecule has 8 nitrogen and oxygen atoms in total. The van der Waals surface area contributed by atoms with E-state index in [1.807, 2.05) is 24.3 Å². The summed E-state index contributed by atoms with van der Waals surface area (Å²) in [5, 5.41) is 6.73. The van der Waals surface area contributed by atoms with Crippen LogP contribution in [0.4, 0.5) is 10.5 Å². The number of fused-ring (bicyclic) bond motifs is 4. The Morgan fingerprint density at radius 3 is 2.62 bits per heavy atom. The Morgan fingerprint density at radius 1 is 1.14 bits per heavy atom. The molecule has 0 saturated carbocycles. The van der Waals surface area contributed by atoms with Crippen molar-refractivity contribution in [1.29, 1.82) is 0 Å². The van der Waals surface area contributed by atoms with Crippen molar-refractivity contribution in [3.63, 3.8) is 0 Å². The summed E-state index contributed by atoms with van der Waals surface area (Å²) in [4.78, 5) is 43.2. The number of amides is 4. The minimum absolute atomic E-state index is 0.177. The normalized spacial score (nSPS) is 17.2. The number of rotatable bonds is 6. The third kappa shape index (κ3) is 3.45. The number of carbonyl (C=O) groups excluding carboxylic acids is 3. The first-order chi connectivity index (χ1) is 14.1. The molecule has 1 saturated heterocycles. The fourth-order valence-electron chi connectivity index (χ4n) is 3.54. The van der Waals surface area contributed by atoms with E-state index in [1.54, 1.807) is 41.4 Å². The van der Waals surface area contributed by atoms with Crippen molar-refractivity contribution in [2.75, 3.05) is 24.7 Å². The molecule has 148 valence electrons. The van der Waals surface area contributed by atoms with Gasteiger partial charge in [0, 0.05) is 11.1 Å². The molecule has 2 aromatic rings. The van der Waals surface area contributed by atoms with Gasteiger partial charge in [-0.15, -0.1) is 6.58 Å². The number of imide groups is 1. The number of nitrogens with zero attached hydrogens (tertiary/aromatic N) is 3. The largest absolute Gasteiger partial charge is 0.363 e. The number of nitrogens with one attached hydrogen (secondary N) is 1. The number of urea groups is 1. The van der Waals surface area contributed by atoms with Gasteiger partial charge in [0.25, 0.3) is 5.91 Å². The van der Waals surface area contributed by atoms with Crippen LogP contribution < -0.4 is 10.3 Å². The summed E-state index contributed by atoms with van der Waals surface area (Å²) in [5.74, 6) is -0.993. The van der Waals surface area contributed by atoms with Crippen molar-refractivity contribution >= 4 is 23.5 Å². The van der Waals surface area contributed by atoms with E-state index in [4.69, 9.17) is 4.84 Å². The van der Waals surface area contributed by atoms with E-state index < -0.39 is 11.8 Å². The Morgan fingerprint density at radius 2 is 1.86 bits per heavy atom. The molecular formula is C21H20N4O4. The van der Waals surface area contributed by atoms with Crippen molar-refractivity contribution in [2.45, 2.75) is 6.04 Å². The molecule has 1 fully saturated rings. The van der Waals surface area contributed by atoms with Gasteiger partial charge in [-0.3, -0.25) is 24.8 Å². The number of hydrazine groups is 1. The fraction of sp³-hybridized carbons (Fsp3) is 0.190. The van der Waals surface area contributed by atoms with Gasteiger partial charge in [-0.1, -0.05) is 42.5 Å². The number of hydroxylamine groups is 2. The molecule has 8 heteroatoms. The highest BCUT2D eigenvalue weighted by atomic mass is 16.7. The summed E-state index contributed by atoms with van der Waals surface area (Å²) < 4.78 is 0. The fourth-order valence-corrected chi connectivity index (χ4v) is 3.54. The quantitative estimate of drug-likeness (QED) is 0.763. The van der Waals surface area contributed by atoms with Crippen molar-refractivity contribution in [1.82, 2.24) is 15.4 Å². The van der Waals surface area contributed by atoms with Gasteiger partial charge in [-0.2, -0.15) is 5.06 Å². The van der Waals surface area contributed by atoms with Crippen LogP contribution in [0.2, 0.25) is 0 Å². The summed E-state index contributed by atoms with van der Waals surface area (Å²) in [6.45, 7) is 3.99. The van der Waals surface area contributed by atoms with Gasteiger partial charge in [0.1, 0.15) is 12.6 Å². The molecule has 1 unspecified atom stereocenters. The molecule has 2 aromatic carbocycles. The SMILES string of the molecule is C=CCON1C(=O)N2CC1c1ccccc1N2CC(=O)NC(=O)c1ccccc1. The highest BCUT2D eigenvalue weighted by molar-refractivity contribution is 6.05. The van der Waals surface area contributed by atoms with Gasteiger partial charge in [0.2, 0.25) is 5.91 Å². The first kappa shape index (κ1) is 18.7. The van der Waals surface area contributed by atoms with Crippen LogP contribution in [0, 0.1) is 0 Å². The van der Waals surface area contributed by atoms with E-state index in [9.17, 15) is 14.4 Å². The number of carbonyl (C=O) groups is 3. The first-order valence-corrected chi connectivity index (χ1v) is 9.20. The molecule has 0 aliphatic carbocycles. The lowest BCUT2D eigenvalue weighted by Gasteiger charge is -2.36. The first-order valence-electron chi connectivity index (χ1n) is 9.20. The van der Waals surface area contributed by atoms with Gasteiger partial charge in [0.15, 0.2) is 0 Å². The number of para-hydroxylation sites is 1. The number of anilines is 1. The van der Waals surface area contributed by atoms with Gasteiger partial charge in [-0.25, -0.2) is 9.80 Å². The van der Waals surface area contributed by atoms with E-state index in [-0.39, 0.29) is 25.2 Å². The Balaban J connectivity index is 1.55. The molecule has 0 spiro atoms. The maximum absolute atomic E-state index is 12.8. The van der Waals surface area contributed by atoms with E-state index in [0.717, 1.165) is 11.3 Å². The van der Waals surface area contributed by atoms with Crippen molar-refractivity contribution in [2.24, 2.45) is 0 Å². The summed E-state index contributed by atoms with van der Waals surface area (Å²) >= 11 is 0. The van der Waals surface area contributed by atoms with E-state index in [0.29, 0.717) is 12.1 Å². The smallest absolute Gasteiger partial charge is 0.291 e. The lowest BCUT2D eigenvalue weighted by Crippen LogP contribution is -2.51. The predicted molar refractivity (Wildman–Crippen MR) is 106 cm³/mol. The molecule has 0 aromatic heterocycles. The third-order valence-electron chi connectivity index (χ3n) is 4.82. The van der Waals surface area contributed by atoms with Crippen LogP contribution in [0.1, 0.15) is 22.0 Å². The summed E-state index contributed by atoms with van der Waals surface area (Å²) in [5.41, 5.74) is 1.99. The van der Waals surface area contributed by atoms with Crippen molar-refractivity contribution < 1.29 is 19.2 Å². The van der Waals surface area contributed by atoms with Crippen molar-refractivity contribution in [3.05, 3.63) is 78.4 Å². The van der Waals surface area contributed by atoms with Crippen LogP contribution in [-0.2, 0) is 9.63 Å². The number of benzene rings is 2. The Hall–Kier alpha value is -3.65. The highest BCUT2D eigenvalue weighted by Gasteiger charge is 2.48. The van der Waals surface area contributed by atoms with Gasteiger partial charge >= 0.3 is 6.03 Å². The molecule has 4 rings (SSSR count). The molecule has 2 bridgehead atoms. The molecule has 4 amide bonds. The van der Waals surface area contributed by atoms with Gasteiger partial charge < -0.3 is 0 Å². The molecule has 29 heavy (non-hydrogen) atoms. The summed E-state index contributed by atoms with van der Waals surface area (Å²) in [7, 11) is 0. The maximum Gasteiger partial charge on any atom is 0.363 e. The minimum atomic E-state index is -0.509. The zero-order valence-corrected chi connectivity index (χ0v) is 15.7. The molecule has 2 heterocycles. The second-order valence-electron chi connectivity index (χ2n) is 6.65. The Labute approximate surface area is 167 Å². The third-order valence-corrected chi connectivity index (χ3v) is 4.82. The zero-order valence-electron chi connectivity index (χ0n) is 15.7. The van der Waals surface area contributed by atoms with Crippen LogP contribution in [0.3, 0.4) is 0 Å². The molecular weight excluding hydrogens is 372 g/mol. The number of hydrogen-bond donors (Lipinski definition) is 1. The van der Waals surface area contributed by atoms with Crippen LogP contribution in [0.25, 0.3) is 0 Å². The monoisotopic (exact) mass is 392 g/mol. The lowest BCUT2D eigenvalue weighted by molar-refractivity contribution is -0.119. The van der Waals surface area contributed by atoms with Gasteiger partial charge in [-0.05, 0) is 18.2 Å². The molecule has 2 aliphatic rings. The predicted octanol–water partition coefficient (Wildman–Crippen LogP) is 2.27. The average Bonchev–Trinajstić information content (AvgIpc) is 3.03. The van der Waals surface area contributed by atoms with Crippen molar-refractivity contribution in [3.8, 4) is 0 Å². The van der Waals surface area contributed by atoms with Gasteiger partial charge in [0.05, 0.1) is 18.8 Å². The van der Waals surface area contributed by atoms with E-state index in [2.05, 4.69) is 11.9 Å². The van der Waals surface area contributed by atoms with E-state index >= 15 is 0 Å². The molecule has 0 radical (unpaired) electrons. The Bertz CT molecular complexity index is 962. The molecule has 1 atom stereocenters. The van der Waals surface area contributed by atoms with Crippen LogP contribution in [-0.4, -0.2) is 47.6 Å². The Kier molecular flexibility index (Phi) is 5.01. The summed E-state index contributed by atoms with van der Waals surface area (Å²) in [6.07, 6.45) is 1.57.